The first kappa shape index (κ1) is 41.7. The maximum atomic E-state index is 12.2. The van der Waals surface area contributed by atoms with E-state index in [9.17, 15) is 19.5 Å². The minimum atomic E-state index is -1.49. The molecule has 2 fully saturated rings. The molecule has 2 saturated heterocycles. The molecule has 2 aliphatic heterocycles. The van der Waals surface area contributed by atoms with Crippen molar-refractivity contribution >= 4 is 17.9 Å². The van der Waals surface area contributed by atoms with Crippen LogP contribution in [-0.2, 0) is 76.8 Å². The molecule has 0 aliphatic carbocycles. The molecule has 0 spiro atoms. The van der Waals surface area contributed by atoms with Crippen molar-refractivity contribution in [2.24, 2.45) is 5.73 Å². The average Bonchev–Trinajstić information content (AvgIpc) is 3.17. The lowest BCUT2D eigenvalue weighted by molar-refractivity contribution is -0.329. The van der Waals surface area contributed by atoms with Gasteiger partial charge in [-0.1, -0.05) is 72.8 Å². The molecule has 0 bridgehead atoms. The SMILES string of the molecule is COc1ccc(CO[C@H]2[C@H](OCc3ccccc3)[C@@H](OCc3ccccc3)[C@H](O)O[C@@H]2CO[C@@H]2O[C@H](COC(C)=O)[C@@H](OC(C)=O)[C@H](OC(C)=O)[C@H]2N)cc1. The molecule has 0 unspecified atom stereocenters. The molecule has 0 amide bonds. The fourth-order valence-electron chi connectivity index (χ4n) is 6.32. The van der Waals surface area contributed by atoms with E-state index in [-0.39, 0.29) is 33.0 Å². The minimum Gasteiger partial charge on any atom is -0.497 e. The maximum Gasteiger partial charge on any atom is 0.303 e. The summed E-state index contributed by atoms with van der Waals surface area (Å²) in [5, 5.41) is 11.5. The van der Waals surface area contributed by atoms with Gasteiger partial charge >= 0.3 is 17.9 Å². The molecule has 3 aromatic rings. The second kappa shape index (κ2) is 20.5. The standard InChI is InChI=1S/C40H49NO14/c1-24(42)47-22-32-35(52-25(2)43)36(53-26(3)44)33(41)40(55-32)51-23-31-34(48-21-29-15-17-30(46-4)18-16-29)37(49-19-27-11-7-5-8-12-27)38(39(45)54-31)50-20-28-13-9-6-10-14-28/h5-18,31-40,45H,19-23,41H2,1-4H3/t31-,32-,33-,34-,35-,36-,37+,38-,39-,40-/m1/s1. The number of esters is 3. The summed E-state index contributed by atoms with van der Waals surface area (Å²) in [6, 6.07) is 25.2. The second-order valence-electron chi connectivity index (χ2n) is 13.1. The third-order valence-corrected chi connectivity index (χ3v) is 8.95. The number of nitrogens with two attached hydrogens (primary N) is 1. The molecular formula is C40H49NO14. The summed E-state index contributed by atoms with van der Waals surface area (Å²) in [6.45, 7) is 3.35. The smallest absolute Gasteiger partial charge is 0.303 e. The Morgan fingerprint density at radius 3 is 1.65 bits per heavy atom. The van der Waals surface area contributed by atoms with Crippen molar-refractivity contribution in [3.8, 4) is 5.75 Å². The number of aliphatic hydroxyl groups is 1. The molecule has 15 nitrogen and oxygen atoms in total. The van der Waals surface area contributed by atoms with Crippen LogP contribution in [0.3, 0.4) is 0 Å². The summed E-state index contributed by atoms with van der Waals surface area (Å²) in [5.74, 6) is -1.34. The van der Waals surface area contributed by atoms with E-state index in [0.29, 0.717) is 5.75 Å². The zero-order chi connectivity index (χ0) is 39.3. The highest BCUT2D eigenvalue weighted by atomic mass is 16.7. The van der Waals surface area contributed by atoms with Gasteiger partial charge in [-0.15, -0.1) is 0 Å². The molecule has 15 heteroatoms. The highest BCUT2D eigenvalue weighted by molar-refractivity contribution is 5.68. The average molecular weight is 768 g/mol. The first-order valence-corrected chi connectivity index (χ1v) is 17.9. The number of aliphatic hydroxyl groups excluding tert-OH is 1. The van der Waals surface area contributed by atoms with Crippen LogP contribution >= 0.6 is 0 Å². The molecule has 3 N–H and O–H groups in total. The van der Waals surface area contributed by atoms with E-state index in [4.69, 9.17) is 53.1 Å². The zero-order valence-corrected chi connectivity index (χ0v) is 31.2. The number of carbonyl (C=O) groups is 3. The summed E-state index contributed by atoms with van der Waals surface area (Å²) in [4.78, 5) is 36.0. The molecule has 5 rings (SSSR count). The number of hydrogen-bond acceptors (Lipinski definition) is 15. The fraction of sp³-hybridized carbons (Fsp3) is 0.475. The van der Waals surface area contributed by atoms with Crippen LogP contribution in [0.15, 0.2) is 84.9 Å². The molecule has 3 aromatic carbocycles. The van der Waals surface area contributed by atoms with E-state index in [1.165, 1.54) is 20.8 Å². The largest absolute Gasteiger partial charge is 0.497 e. The van der Waals surface area contributed by atoms with Crippen LogP contribution in [0, 0.1) is 0 Å². The molecule has 0 aromatic heterocycles. The summed E-state index contributed by atoms with van der Waals surface area (Å²) in [5.41, 5.74) is 9.12. The Hall–Kier alpha value is -4.45. The van der Waals surface area contributed by atoms with Crippen LogP contribution in [0.4, 0.5) is 0 Å². The Labute approximate surface area is 319 Å². The lowest BCUT2D eigenvalue weighted by Gasteiger charge is -2.46. The molecule has 0 saturated carbocycles. The Kier molecular flexibility index (Phi) is 15.5. The molecule has 0 radical (unpaired) electrons. The van der Waals surface area contributed by atoms with Crippen molar-refractivity contribution in [2.75, 3.05) is 20.3 Å². The van der Waals surface area contributed by atoms with Gasteiger partial charge in [0.2, 0.25) is 0 Å². The van der Waals surface area contributed by atoms with Gasteiger partial charge in [0.25, 0.3) is 0 Å². The van der Waals surface area contributed by atoms with Gasteiger partial charge in [-0.3, -0.25) is 14.4 Å². The third kappa shape index (κ3) is 12.0. The van der Waals surface area contributed by atoms with Gasteiger partial charge < -0.3 is 58.2 Å². The Morgan fingerprint density at radius 2 is 1.11 bits per heavy atom. The van der Waals surface area contributed by atoms with Gasteiger partial charge in [0.1, 0.15) is 42.9 Å². The molecule has 2 aliphatic rings. The molecule has 298 valence electrons. The summed E-state index contributed by atoms with van der Waals surface area (Å²) in [7, 11) is 1.58. The van der Waals surface area contributed by atoms with E-state index in [1.54, 1.807) is 7.11 Å². The number of carbonyl (C=O) groups excluding carboxylic acids is 3. The number of methoxy groups -OCH3 is 1. The van der Waals surface area contributed by atoms with Gasteiger partial charge in [-0.25, -0.2) is 0 Å². The molecule has 2 heterocycles. The lowest BCUT2D eigenvalue weighted by atomic mass is 9.96. The fourth-order valence-corrected chi connectivity index (χ4v) is 6.32. The summed E-state index contributed by atoms with van der Waals surface area (Å²) >= 11 is 0. The minimum absolute atomic E-state index is 0.115. The van der Waals surface area contributed by atoms with Gasteiger partial charge in [-0.2, -0.15) is 0 Å². The van der Waals surface area contributed by atoms with Crippen LogP contribution < -0.4 is 10.5 Å². The highest BCUT2D eigenvalue weighted by Crippen LogP contribution is 2.32. The Balaban J connectivity index is 1.42. The third-order valence-electron chi connectivity index (χ3n) is 8.95. The zero-order valence-electron chi connectivity index (χ0n) is 31.2. The predicted octanol–water partition coefficient (Wildman–Crippen LogP) is 2.96. The predicted molar refractivity (Wildman–Crippen MR) is 193 cm³/mol. The number of benzene rings is 3. The van der Waals surface area contributed by atoms with Crippen LogP contribution in [0.25, 0.3) is 0 Å². The van der Waals surface area contributed by atoms with Crippen molar-refractivity contribution in [3.63, 3.8) is 0 Å². The van der Waals surface area contributed by atoms with E-state index in [1.807, 2.05) is 84.9 Å². The molecule has 10 atom stereocenters. The first-order chi connectivity index (χ1) is 26.5. The van der Waals surface area contributed by atoms with E-state index in [0.717, 1.165) is 16.7 Å². The normalized spacial score (nSPS) is 27.8. The quantitative estimate of drug-likeness (QED) is 0.151. The molecule has 55 heavy (non-hydrogen) atoms. The number of hydrogen-bond donors (Lipinski definition) is 2. The Morgan fingerprint density at radius 1 is 0.600 bits per heavy atom. The maximum absolute atomic E-state index is 12.2. The molecular weight excluding hydrogens is 718 g/mol. The highest BCUT2D eigenvalue weighted by Gasteiger charge is 2.52. The summed E-state index contributed by atoms with van der Waals surface area (Å²) in [6.07, 6.45) is -10.1. The first-order valence-electron chi connectivity index (χ1n) is 17.9. The lowest BCUT2D eigenvalue weighted by Crippen LogP contribution is -2.65. The van der Waals surface area contributed by atoms with Crippen molar-refractivity contribution in [1.29, 1.82) is 0 Å². The number of ether oxygens (including phenoxy) is 10. The number of rotatable bonds is 17. The van der Waals surface area contributed by atoms with Crippen molar-refractivity contribution < 1.29 is 66.9 Å². The van der Waals surface area contributed by atoms with Gasteiger partial charge in [-0.05, 0) is 28.8 Å². The second-order valence-corrected chi connectivity index (χ2v) is 13.1. The van der Waals surface area contributed by atoms with Gasteiger partial charge in [0.15, 0.2) is 24.8 Å². The van der Waals surface area contributed by atoms with Crippen molar-refractivity contribution in [1.82, 2.24) is 0 Å². The monoisotopic (exact) mass is 767 g/mol. The van der Waals surface area contributed by atoms with Crippen LogP contribution in [0.5, 0.6) is 5.75 Å². The summed E-state index contributed by atoms with van der Waals surface area (Å²) < 4.78 is 59.3. The van der Waals surface area contributed by atoms with Gasteiger partial charge in [0, 0.05) is 20.8 Å². The van der Waals surface area contributed by atoms with Crippen molar-refractivity contribution in [2.45, 2.75) is 102 Å². The van der Waals surface area contributed by atoms with Crippen LogP contribution in [-0.4, -0.2) is 105 Å². The van der Waals surface area contributed by atoms with E-state index in [2.05, 4.69) is 0 Å². The van der Waals surface area contributed by atoms with Crippen LogP contribution in [0.1, 0.15) is 37.5 Å². The van der Waals surface area contributed by atoms with Crippen LogP contribution in [0.2, 0.25) is 0 Å². The van der Waals surface area contributed by atoms with Crippen molar-refractivity contribution in [3.05, 3.63) is 102 Å². The topological polar surface area (TPSA) is 190 Å². The van der Waals surface area contributed by atoms with E-state index < -0.39 is 79.3 Å². The van der Waals surface area contributed by atoms with Gasteiger partial charge in [0.05, 0.1) is 39.6 Å². The van der Waals surface area contributed by atoms with E-state index >= 15 is 0 Å². The Bertz CT molecular complexity index is 1640.